The Morgan fingerprint density at radius 3 is 2.92 bits per heavy atom. The van der Waals surface area contributed by atoms with Crippen LogP contribution in [0, 0.1) is 0 Å². The number of hydrogen-bond acceptors (Lipinski definition) is 4. The Kier molecular flexibility index (Phi) is 9.27. The van der Waals surface area contributed by atoms with Gasteiger partial charge in [-0.3, -0.25) is 4.99 Å². The molecule has 3 aromatic rings. The van der Waals surface area contributed by atoms with Gasteiger partial charge in [-0.2, -0.15) is 0 Å². The second-order valence-electron chi connectivity index (χ2n) is 5.54. The predicted octanol–water partition coefficient (Wildman–Crippen LogP) is 4.13. The molecule has 0 spiro atoms. The van der Waals surface area contributed by atoms with E-state index in [0.29, 0.717) is 0 Å². The number of nitrogens with zero attached hydrogens (tertiary/aromatic N) is 2. The number of aromatic amines is 1. The van der Waals surface area contributed by atoms with Crippen molar-refractivity contribution in [3.05, 3.63) is 47.6 Å². The molecule has 3 rings (SSSR count). The average Bonchev–Trinajstić information content (AvgIpc) is 3.30. The molecule has 26 heavy (non-hydrogen) atoms. The number of aromatic nitrogens is 2. The molecule has 5 nitrogen and oxygen atoms in total. The van der Waals surface area contributed by atoms with E-state index in [0.717, 1.165) is 42.0 Å². The van der Waals surface area contributed by atoms with Crippen LogP contribution >= 0.6 is 47.1 Å². The number of hydrogen-bond donors (Lipinski definition) is 3. The Morgan fingerprint density at radius 2 is 2.12 bits per heavy atom. The fraction of sp³-hybridized carbons (Fsp3) is 0.333. The van der Waals surface area contributed by atoms with Crippen molar-refractivity contribution in [3.63, 3.8) is 0 Å². The molecular formula is C18H24IN5S2. The highest BCUT2D eigenvalue weighted by Crippen LogP contribution is 2.20. The number of H-pyrrole nitrogens is 1. The lowest BCUT2D eigenvalue weighted by molar-refractivity contribution is 0.778. The Balaban J connectivity index is 0.00000243. The van der Waals surface area contributed by atoms with Crippen molar-refractivity contribution in [2.75, 3.05) is 25.9 Å². The van der Waals surface area contributed by atoms with Crippen molar-refractivity contribution in [1.82, 2.24) is 20.6 Å². The van der Waals surface area contributed by atoms with Crippen LogP contribution in [0.1, 0.15) is 12.0 Å². The first kappa shape index (κ1) is 21.0. The zero-order chi connectivity index (χ0) is 17.3. The van der Waals surface area contributed by atoms with E-state index in [2.05, 4.69) is 56.1 Å². The lowest BCUT2D eigenvalue weighted by Crippen LogP contribution is -2.38. The lowest BCUT2D eigenvalue weighted by Gasteiger charge is -2.11. The van der Waals surface area contributed by atoms with Crippen LogP contribution in [0.15, 0.2) is 51.4 Å². The van der Waals surface area contributed by atoms with Gasteiger partial charge in [0.05, 0.1) is 0 Å². The largest absolute Gasteiger partial charge is 0.361 e. The van der Waals surface area contributed by atoms with Crippen LogP contribution in [-0.4, -0.2) is 41.8 Å². The Bertz CT molecular complexity index is 801. The third-order valence-electron chi connectivity index (χ3n) is 3.83. The van der Waals surface area contributed by atoms with Crippen molar-refractivity contribution in [1.29, 1.82) is 0 Å². The first-order chi connectivity index (χ1) is 12.4. The summed E-state index contributed by atoms with van der Waals surface area (Å²) in [7, 11) is 1.81. The van der Waals surface area contributed by atoms with Gasteiger partial charge >= 0.3 is 0 Å². The van der Waals surface area contributed by atoms with Crippen LogP contribution < -0.4 is 10.6 Å². The number of fused-ring (bicyclic) bond motifs is 1. The van der Waals surface area contributed by atoms with E-state index in [4.69, 9.17) is 0 Å². The normalized spacial score (nSPS) is 11.3. The zero-order valence-corrected chi connectivity index (χ0v) is 18.7. The Labute approximate surface area is 179 Å². The molecule has 0 aliphatic rings. The molecule has 0 unspecified atom stereocenters. The Hall–Kier alpha value is -1.26. The molecule has 0 bridgehead atoms. The van der Waals surface area contributed by atoms with E-state index in [1.807, 2.05) is 30.4 Å². The average molecular weight is 501 g/mol. The molecule has 0 saturated heterocycles. The first-order valence-electron chi connectivity index (χ1n) is 8.38. The molecule has 0 radical (unpaired) electrons. The van der Waals surface area contributed by atoms with Crippen molar-refractivity contribution in [2.45, 2.75) is 17.2 Å². The monoisotopic (exact) mass is 501 g/mol. The summed E-state index contributed by atoms with van der Waals surface area (Å²) >= 11 is 3.50. The number of para-hydroxylation sites is 1. The van der Waals surface area contributed by atoms with E-state index < -0.39 is 0 Å². The number of thiazole rings is 1. The minimum absolute atomic E-state index is 0. The first-order valence-corrected chi connectivity index (χ1v) is 10.2. The van der Waals surface area contributed by atoms with Gasteiger partial charge in [0, 0.05) is 54.6 Å². The van der Waals surface area contributed by atoms with Crippen LogP contribution in [0.4, 0.5) is 0 Å². The highest BCUT2D eigenvalue weighted by atomic mass is 127. The standard InChI is InChI=1S/C18H23N5S2.HI/c1-19-17(20-8-4-11-24-18-22-10-12-25-18)21-9-7-14-13-23-16-6-3-2-5-15(14)16;/h2-3,5-6,10,12-13,23H,4,7-9,11H2,1H3,(H2,19,20,21);1H. The molecular weight excluding hydrogens is 477 g/mol. The fourth-order valence-electron chi connectivity index (χ4n) is 2.59. The maximum atomic E-state index is 4.29. The molecule has 2 aromatic heterocycles. The number of rotatable bonds is 8. The fourth-order valence-corrected chi connectivity index (χ4v) is 4.24. The SMILES string of the molecule is CN=C(NCCCSc1nccs1)NCCc1c[nH]c2ccccc12.I. The molecule has 0 atom stereocenters. The van der Waals surface area contributed by atoms with Gasteiger partial charge in [0.1, 0.15) is 4.34 Å². The summed E-state index contributed by atoms with van der Waals surface area (Å²) in [5, 5.41) is 10.1. The molecule has 1 aromatic carbocycles. The molecule has 0 amide bonds. The van der Waals surface area contributed by atoms with E-state index in [9.17, 15) is 0 Å². The van der Waals surface area contributed by atoms with Gasteiger partial charge in [-0.1, -0.05) is 30.0 Å². The summed E-state index contributed by atoms with van der Waals surface area (Å²) in [6, 6.07) is 8.40. The molecule has 140 valence electrons. The third-order valence-corrected chi connectivity index (χ3v) is 5.89. The number of halogens is 1. The number of thioether (sulfide) groups is 1. The van der Waals surface area contributed by atoms with E-state index in [1.54, 1.807) is 11.3 Å². The van der Waals surface area contributed by atoms with Gasteiger partial charge in [0.15, 0.2) is 5.96 Å². The van der Waals surface area contributed by atoms with Gasteiger partial charge in [-0.15, -0.1) is 35.3 Å². The highest BCUT2D eigenvalue weighted by Gasteiger charge is 2.03. The second-order valence-corrected chi connectivity index (χ2v) is 7.77. The highest BCUT2D eigenvalue weighted by molar-refractivity contribution is 14.0. The summed E-state index contributed by atoms with van der Waals surface area (Å²) in [6.07, 6.45) is 5.99. The number of nitrogens with one attached hydrogen (secondary N) is 3. The molecule has 0 fully saturated rings. The molecule has 3 N–H and O–H groups in total. The van der Waals surface area contributed by atoms with E-state index in [1.165, 1.54) is 16.5 Å². The summed E-state index contributed by atoms with van der Waals surface area (Å²) in [5.74, 6) is 1.92. The van der Waals surface area contributed by atoms with Gasteiger partial charge < -0.3 is 15.6 Å². The molecule has 2 heterocycles. The molecule has 0 saturated carbocycles. The topological polar surface area (TPSA) is 65.1 Å². The molecule has 0 aliphatic carbocycles. The lowest BCUT2D eigenvalue weighted by atomic mass is 10.1. The zero-order valence-electron chi connectivity index (χ0n) is 14.7. The van der Waals surface area contributed by atoms with Crippen LogP contribution in [0.2, 0.25) is 0 Å². The van der Waals surface area contributed by atoms with Gasteiger partial charge in [0.2, 0.25) is 0 Å². The van der Waals surface area contributed by atoms with Crippen molar-refractivity contribution >= 4 is 63.9 Å². The van der Waals surface area contributed by atoms with Crippen LogP contribution in [0.25, 0.3) is 10.9 Å². The minimum Gasteiger partial charge on any atom is -0.361 e. The van der Waals surface area contributed by atoms with Crippen molar-refractivity contribution < 1.29 is 0 Å². The third kappa shape index (κ3) is 6.17. The Morgan fingerprint density at radius 1 is 1.27 bits per heavy atom. The number of guanidine groups is 1. The molecule has 0 aliphatic heterocycles. The van der Waals surface area contributed by atoms with Crippen molar-refractivity contribution in [2.24, 2.45) is 4.99 Å². The summed E-state index contributed by atoms with van der Waals surface area (Å²) < 4.78 is 1.14. The summed E-state index contributed by atoms with van der Waals surface area (Å²) in [6.45, 7) is 1.76. The van der Waals surface area contributed by atoms with Crippen molar-refractivity contribution in [3.8, 4) is 0 Å². The van der Waals surface area contributed by atoms with E-state index >= 15 is 0 Å². The second kappa shape index (κ2) is 11.5. The van der Waals surface area contributed by atoms with Crippen LogP contribution in [0.5, 0.6) is 0 Å². The number of aliphatic imine (C=N–C) groups is 1. The minimum atomic E-state index is 0. The molecule has 8 heteroatoms. The van der Waals surface area contributed by atoms with Crippen LogP contribution in [0.3, 0.4) is 0 Å². The van der Waals surface area contributed by atoms with Crippen LogP contribution in [-0.2, 0) is 6.42 Å². The van der Waals surface area contributed by atoms with Gasteiger partial charge in [0.25, 0.3) is 0 Å². The van der Waals surface area contributed by atoms with E-state index in [-0.39, 0.29) is 24.0 Å². The number of benzene rings is 1. The quantitative estimate of drug-likeness (QED) is 0.143. The van der Waals surface area contributed by atoms with Gasteiger partial charge in [-0.25, -0.2) is 4.98 Å². The summed E-state index contributed by atoms with van der Waals surface area (Å²) in [4.78, 5) is 11.9. The maximum Gasteiger partial charge on any atom is 0.190 e. The predicted molar refractivity (Wildman–Crippen MR) is 124 cm³/mol. The maximum absolute atomic E-state index is 4.29. The smallest absolute Gasteiger partial charge is 0.190 e. The van der Waals surface area contributed by atoms with Gasteiger partial charge in [-0.05, 0) is 24.5 Å². The summed E-state index contributed by atoms with van der Waals surface area (Å²) in [5.41, 5.74) is 2.52.